The minimum absolute atomic E-state index is 0.0424. The topological polar surface area (TPSA) is 92.4 Å². The molecule has 10 heteroatoms. The van der Waals surface area contributed by atoms with Crippen LogP contribution in [0.5, 0.6) is 0 Å². The fourth-order valence-corrected chi connectivity index (χ4v) is 3.88. The standard InChI is InChI=1S/C22H26F3N3O4/c1-21(2,3)32-20(31)28(16-9-5-13(6-10-16)18(30)22(23,24)25)12-15-8-4-14-7-11-17(29)27-19(14)26-15/h4,7-8,11,13,16H,5-6,9-10,12H2,1-3H3,(H,26,27,29). The van der Waals surface area contributed by atoms with Crippen LogP contribution in [0.15, 0.2) is 29.1 Å². The molecule has 1 saturated carbocycles. The lowest BCUT2D eigenvalue weighted by Gasteiger charge is -2.37. The molecule has 0 radical (unpaired) electrons. The molecule has 174 valence electrons. The summed E-state index contributed by atoms with van der Waals surface area (Å²) < 4.78 is 43.9. The number of fused-ring (bicyclic) bond motifs is 1. The number of aromatic amines is 1. The molecule has 0 aliphatic heterocycles. The fraction of sp³-hybridized carbons (Fsp3) is 0.545. The van der Waals surface area contributed by atoms with Crippen molar-refractivity contribution in [1.82, 2.24) is 14.9 Å². The van der Waals surface area contributed by atoms with E-state index in [2.05, 4.69) is 9.97 Å². The summed E-state index contributed by atoms with van der Waals surface area (Å²) in [6.07, 6.45) is -4.88. The van der Waals surface area contributed by atoms with E-state index in [1.54, 1.807) is 39.0 Å². The monoisotopic (exact) mass is 453 g/mol. The van der Waals surface area contributed by atoms with E-state index in [0.29, 0.717) is 11.3 Å². The van der Waals surface area contributed by atoms with Crippen molar-refractivity contribution in [1.29, 1.82) is 0 Å². The van der Waals surface area contributed by atoms with Gasteiger partial charge in [-0.2, -0.15) is 13.2 Å². The number of nitrogens with zero attached hydrogens (tertiary/aromatic N) is 2. The zero-order chi connectivity index (χ0) is 23.7. The summed E-state index contributed by atoms with van der Waals surface area (Å²) in [7, 11) is 0. The summed E-state index contributed by atoms with van der Waals surface area (Å²) in [4.78, 5) is 44.6. The van der Waals surface area contributed by atoms with Crippen LogP contribution in [0, 0.1) is 5.92 Å². The number of carbonyl (C=O) groups is 2. The fourth-order valence-electron chi connectivity index (χ4n) is 3.88. The van der Waals surface area contributed by atoms with E-state index < -0.39 is 35.6 Å². The molecule has 1 aliphatic carbocycles. The van der Waals surface area contributed by atoms with Crippen molar-refractivity contribution < 1.29 is 27.5 Å². The molecule has 1 N–H and O–H groups in total. The quantitative estimate of drug-likeness (QED) is 0.743. The predicted octanol–water partition coefficient (Wildman–Crippen LogP) is 4.35. The summed E-state index contributed by atoms with van der Waals surface area (Å²) in [6, 6.07) is 6.11. The molecule has 1 amide bonds. The molecule has 2 aromatic heterocycles. The van der Waals surface area contributed by atoms with Gasteiger partial charge in [0.2, 0.25) is 11.3 Å². The molecule has 3 rings (SSSR count). The number of alkyl halides is 3. The molecule has 0 aromatic carbocycles. The number of rotatable bonds is 4. The van der Waals surface area contributed by atoms with Crippen LogP contribution >= 0.6 is 0 Å². The Bertz CT molecular complexity index is 1050. The van der Waals surface area contributed by atoms with E-state index in [4.69, 9.17) is 4.74 Å². The van der Waals surface area contributed by atoms with E-state index >= 15 is 0 Å². The number of pyridine rings is 2. The number of Topliss-reactive ketones (excluding diaryl/α,β-unsaturated/α-hetero) is 1. The Morgan fingerprint density at radius 1 is 1.09 bits per heavy atom. The molecule has 1 aliphatic rings. The summed E-state index contributed by atoms with van der Waals surface area (Å²) in [5, 5.41) is 0.725. The zero-order valence-electron chi connectivity index (χ0n) is 18.2. The maximum Gasteiger partial charge on any atom is 0.450 e. The van der Waals surface area contributed by atoms with Gasteiger partial charge in [-0.3, -0.25) is 14.5 Å². The van der Waals surface area contributed by atoms with Crippen LogP contribution in [-0.2, 0) is 16.1 Å². The van der Waals surface area contributed by atoms with E-state index in [1.165, 1.54) is 11.0 Å². The Morgan fingerprint density at radius 2 is 1.72 bits per heavy atom. The first kappa shape index (κ1) is 23.7. The van der Waals surface area contributed by atoms with Crippen molar-refractivity contribution >= 4 is 22.9 Å². The highest BCUT2D eigenvalue weighted by molar-refractivity contribution is 5.86. The number of hydrogen-bond donors (Lipinski definition) is 1. The van der Waals surface area contributed by atoms with Gasteiger partial charge in [0.05, 0.1) is 12.2 Å². The van der Waals surface area contributed by atoms with Gasteiger partial charge in [-0.1, -0.05) is 0 Å². The SMILES string of the molecule is CC(C)(C)OC(=O)N(Cc1ccc2ccc(=O)[nH]c2n1)C1CCC(C(=O)C(F)(F)F)CC1. The predicted molar refractivity (Wildman–Crippen MR) is 111 cm³/mol. The van der Waals surface area contributed by atoms with Crippen molar-refractivity contribution in [2.24, 2.45) is 5.92 Å². The molecule has 0 saturated heterocycles. The number of ether oxygens (including phenoxy) is 1. The first-order chi connectivity index (χ1) is 14.8. The van der Waals surface area contributed by atoms with Gasteiger partial charge in [0.15, 0.2) is 0 Å². The minimum Gasteiger partial charge on any atom is -0.444 e. The number of H-pyrrole nitrogens is 1. The molecule has 0 spiro atoms. The van der Waals surface area contributed by atoms with E-state index in [0.717, 1.165) is 5.39 Å². The number of amides is 1. The summed E-state index contributed by atoms with van der Waals surface area (Å²) in [5.74, 6) is -2.80. The third-order valence-electron chi connectivity index (χ3n) is 5.39. The average Bonchev–Trinajstić information content (AvgIpc) is 2.69. The molecule has 2 aromatic rings. The van der Waals surface area contributed by atoms with Gasteiger partial charge in [-0.15, -0.1) is 0 Å². The summed E-state index contributed by atoms with van der Waals surface area (Å²) in [6.45, 7) is 5.23. The van der Waals surface area contributed by atoms with E-state index in [1.807, 2.05) is 0 Å². The highest BCUT2D eigenvalue weighted by Crippen LogP contribution is 2.34. The maximum absolute atomic E-state index is 12.9. The van der Waals surface area contributed by atoms with Gasteiger partial charge < -0.3 is 9.72 Å². The normalized spacial score (nSPS) is 19.6. The lowest BCUT2D eigenvalue weighted by Crippen LogP contribution is -2.45. The number of hydrogen-bond acceptors (Lipinski definition) is 5. The summed E-state index contributed by atoms with van der Waals surface area (Å²) >= 11 is 0. The van der Waals surface area contributed by atoms with Crippen LogP contribution in [0.25, 0.3) is 11.0 Å². The number of nitrogens with one attached hydrogen (secondary N) is 1. The van der Waals surface area contributed by atoms with Gasteiger partial charge in [0.25, 0.3) is 0 Å². The van der Waals surface area contributed by atoms with Crippen molar-refractivity contribution in [3.63, 3.8) is 0 Å². The first-order valence-corrected chi connectivity index (χ1v) is 10.4. The second-order valence-electron chi connectivity index (χ2n) is 9.04. The molecular formula is C22H26F3N3O4. The maximum atomic E-state index is 12.9. The van der Waals surface area contributed by atoms with Crippen LogP contribution < -0.4 is 5.56 Å². The molecule has 1 fully saturated rings. The minimum atomic E-state index is -4.85. The molecule has 0 atom stereocenters. The van der Waals surface area contributed by atoms with Crippen LogP contribution in [-0.4, -0.2) is 44.6 Å². The Kier molecular flexibility index (Phi) is 6.61. The van der Waals surface area contributed by atoms with Crippen LogP contribution in [0.4, 0.5) is 18.0 Å². The van der Waals surface area contributed by atoms with Gasteiger partial charge >= 0.3 is 12.3 Å². The highest BCUT2D eigenvalue weighted by Gasteiger charge is 2.45. The molecular weight excluding hydrogens is 427 g/mol. The molecule has 0 unspecified atom stereocenters. The second-order valence-corrected chi connectivity index (χ2v) is 9.04. The van der Waals surface area contributed by atoms with Gasteiger partial charge in [-0.25, -0.2) is 9.78 Å². The molecule has 7 nitrogen and oxygen atoms in total. The second kappa shape index (κ2) is 8.91. The molecule has 32 heavy (non-hydrogen) atoms. The van der Waals surface area contributed by atoms with Crippen molar-refractivity contribution in [3.8, 4) is 0 Å². The van der Waals surface area contributed by atoms with Crippen molar-refractivity contribution in [2.45, 2.75) is 70.8 Å². The number of carbonyl (C=O) groups excluding carboxylic acids is 2. The molecule has 2 heterocycles. The smallest absolute Gasteiger partial charge is 0.444 e. The third kappa shape index (κ3) is 5.86. The average molecular weight is 453 g/mol. The van der Waals surface area contributed by atoms with Crippen LogP contribution in [0.2, 0.25) is 0 Å². The van der Waals surface area contributed by atoms with Crippen LogP contribution in [0.3, 0.4) is 0 Å². The molecule has 0 bridgehead atoms. The lowest BCUT2D eigenvalue weighted by molar-refractivity contribution is -0.176. The lowest BCUT2D eigenvalue weighted by atomic mass is 9.82. The Labute approximate surface area is 183 Å². The van der Waals surface area contributed by atoms with Crippen molar-refractivity contribution in [2.75, 3.05) is 0 Å². The number of ketones is 1. The van der Waals surface area contributed by atoms with E-state index in [9.17, 15) is 27.6 Å². The van der Waals surface area contributed by atoms with Crippen LogP contribution in [0.1, 0.15) is 52.1 Å². The zero-order valence-corrected chi connectivity index (χ0v) is 18.2. The Balaban J connectivity index is 1.81. The first-order valence-electron chi connectivity index (χ1n) is 10.4. The van der Waals surface area contributed by atoms with Crippen molar-refractivity contribution in [3.05, 3.63) is 40.3 Å². The highest BCUT2D eigenvalue weighted by atomic mass is 19.4. The van der Waals surface area contributed by atoms with Gasteiger partial charge in [-0.05, 0) is 64.7 Å². The third-order valence-corrected chi connectivity index (χ3v) is 5.39. The Hall–Kier alpha value is -2.91. The van der Waals surface area contributed by atoms with Gasteiger partial charge in [0, 0.05) is 23.4 Å². The largest absolute Gasteiger partial charge is 0.450 e. The number of aromatic nitrogens is 2. The van der Waals surface area contributed by atoms with E-state index in [-0.39, 0.29) is 37.8 Å². The number of halogens is 3. The van der Waals surface area contributed by atoms with Gasteiger partial charge in [0.1, 0.15) is 11.2 Å². The Morgan fingerprint density at radius 3 is 2.31 bits per heavy atom. The summed E-state index contributed by atoms with van der Waals surface area (Å²) in [5.41, 5.74) is -0.197.